The quantitative estimate of drug-likeness (QED) is 0.161. The molecule has 47 heavy (non-hydrogen) atoms. The molecule has 7 aliphatic rings. The summed E-state index contributed by atoms with van der Waals surface area (Å²) >= 11 is 1.54. The molecule has 1 aromatic rings. The zero-order valence-corrected chi connectivity index (χ0v) is 30.4. The number of fused-ring (bicyclic) bond motifs is 5. The molecule has 1 aromatic heterocycles. The second-order valence-electron chi connectivity index (χ2n) is 17.4. The average Bonchev–Trinajstić information content (AvgIpc) is 3.46. The molecule has 2 saturated heterocycles. The second kappa shape index (κ2) is 10.7. The van der Waals surface area contributed by atoms with Crippen molar-refractivity contribution in [3.63, 3.8) is 0 Å². The van der Waals surface area contributed by atoms with E-state index in [0.717, 1.165) is 49.2 Å². The molecule has 0 radical (unpaired) electrons. The number of aliphatic carboxylic acids is 1. The van der Waals surface area contributed by atoms with Crippen LogP contribution in [-0.2, 0) is 32.2 Å². The van der Waals surface area contributed by atoms with Crippen LogP contribution in [0.15, 0.2) is 22.0 Å². The molecule has 3 heterocycles. The van der Waals surface area contributed by atoms with E-state index in [1.54, 1.807) is 5.57 Å². The maximum absolute atomic E-state index is 13.4. The van der Waals surface area contributed by atoms with Gasteiger partial charge in [-0.2, -0.15) is 0 Å². The van der Waals surface area contributed by atoms with E-state index in [-0.39, 0.29) is 51.2 Å². The van der Waals surface area contributed by atoms with Crippen LogP contribution in [0.4, 0.5) is 0 Å². The van der Waals surface area contributed by atoms with Crippen molar-refractivity contribution in [1.29, 1.82) is 0 Å². The Morgan fingerprint density at radius 3 is 2.55 bits per heavy atom. The van der Waals surface area contributed by atoms with Gasteiger partial charge in [0.25, 0.3) is 0 Å². The fourth-order valence-corrected chi connectivity index (χ4v) is 13.3. The van der Waals surface area contributed by atoms with E-state index in [2.05, 4.69) is 59.5 Å². The highest BCUT2D eigenvalue weighted by atomic mass is 32.1. The third-order valence-corrected chi connectivity index (χ3v) is 16.4. The summed E-state index contributed by atoms with van der Waals surface area (Å²) in [7, 11) is 1.81. The van der Waals surface area contributed by atoms with Crippen LogP contribution in [0.2, 0.25) is 0 Å². The lowest BCUT2D eigenvalue weighted by atomic mass is 9.35. The van der Waals surface area contributed by atoms with Gasteiger partial charge in [-0.05, 0) is 78.4 Å². The normalized spacial score (nSPS) is 46.8. The lowest BCUT2D eigenvalue weighted by molar-refractivity contribution is -0.304. The van der Waals surface area contributed by atoms with Crippen molar-refractivity contribution in [2.45, 2.75) is 118 Å². The molecule has 2 unspecified atom stereocenters. The molecule has 0 aromatic carbocycles. The Hall–Kier alpha value is -2.01. The van der Waals surface area contributed by atoms with Gasteiger partial charge in [-0.25, -0.2) is 9.98 Å². The Morgan fingerprint density at radius 1 is 1.15 bits per heavy atom. The highest BCUT2D eigenvalue weighted by Crippen LogP contribution is 2.85. The van der Waals surface area contributed by atoms with Crippen molar-refractivity contribution in [2.24, 2.45) is 73.1 Å². The number of ether oxygens (including phenoxy) is 3. The summed E-state index contributed by atoms with van der Waals surface area (Å²) in [6.45, 7) is 17.6. The maximum atomic E-state index is 13.4. The van der Waals surface area contributed by atoms with Crippen LogP contribution < -0.4 is 11.5 Å². The number of rotatable bonds is 9. The number of carboxylic acid groups (broad SMARTS) is 1. The number of carbonyl (C=O) groups is 1. The minimum absolute atomic E-state index is 0.0603. The predicted octanol–water partition coefficient (Wildman–Crippen LogP) is 6.16. The second-order valence-corrected chi connectivity index (χ2v) is 18.3. The molecular weight excluding hydrogens is 612 g/mol. The van der Waals surface area contributed by atoms with Crippen LogP contribution in [0.5, 0.6) is 0 Å². The van der Waals surface area contributed by atoms with Gasteiger partial charge in [-0.1, -0.05) is 60.1 Å². The highest BCUT2D eigenvalue weighted by molar-refractivity contribution is 7.09. The minimum Gasteiger partial charge on any atom is -0.481 e. The first-order chi connectivity index (χ1) is 22.1. The molecule has 8 rings (SSSR count). The molecule has 9 nitrogen and oxygen atoms in total. The number of hydrogen-bond acceptors (Lipinski definition) is 7. The van der Waals surface area contributed by atoms with E-state index in [0.29, 0.717) is 43.4 Å². The lowest BCUT2D eigenvalue weighted by Crippen LogP contribution is -2.71. The molecule has 260 valence electrons. The first-order valence-corrected chi connectivity index (χ1v) is 18.6. The number of nitrogens with two attached hydrogens (primary N) is 2. The summed E-state index contributed by atoms with van der Waals surface area (Å²) in [5, 5.41) is 13.9. The van der Waals surface area contributed by atoms with Crippen molar-refractivity contribution in [3.05, 3.63) is 27.7 Å². The third kappa shape index (κ3) is 4.19. The van der Waals surface area contributed by atoms with E-state index in [9.17, 15) is 9.90 Å². The zero-order chi connectivity index (χ0) is 33.9. The highest BCUT2D eigenvalue weighted by Gasteiger charge is 2.88. The van der Waals surface area contributed by atoms with Gasteiger partial charge >= 0.3 is 5.97 Å². The van der Waals surface area contributed by atoms with Crippen molar-refractivity contribution in [1.82, 2.24) is 4.98 Å². The zero-order valence-electron chi connectivity index (χ0n) is 29.6. The molecular formula is C37H56N4O5S. The Morgan fingerprint density at radius 2 is 1.89 bits per heavy atom. The van der Waals surface area contributed by atoms with E-state index in [4.69, 9.17) is 30.7 Å². The summed E-state index contributed by atoms with van der Waals surface area (Å²) < 4.78 is 20.2. The number of thiazole rings is 1. The van der Waals surface area contributed by atoms with Crippen LogP contribution in [0.1, 0.15) is 97.7 Å². The Balaban J connectivity index is 1.21. The van der Waals surface area contributed by atoms with Gasteiger partial charge in [0.2, 0.25) is 0 Å². The number of hydrogen-bond donors (Lipinski definition) is 3. The third-order valence-electron chi connectivity index (χ3n) is 15.5. The van der Waals surface area contributed by atoms with E-state index in [1.165, 1.54) is 11.3 Å². The first-order valence-electron chi connectivity index (χ1n) is 17.8. The number of allylic oxidation sites excluding steroid dienone is 1. The average molecular weight is 669 g/mol. The largest absolute Gasteiger partial charge is 0.481 e. The van der Waals surface area contributed by atoms with Gasteiger partial charge in [0.05, 0.1) is 37.5 Å². The molecule has 2 bridgehead atoms. The van der Waals surface area contributed by atoms with Crippen molar-refractivity contribution in [3.8, 4) is 0 Å². The van der Waals surface area contributed by atoms with Crippen LogP contribution in [-0.4, -0.2) is 53.5 Å². The molecule has 12 atom stereocenters. The number of methoxy groups -OCH3 is 1. The summed E-state index contributed by atoms with van der Waals surface area (Å²) in [4.78, 5) is 22.2. The van der Waals surface area contributed by atoms with Gasteiger partial charge in [-0.15, -0.1) is 11.3 Å². The Bertz CT molecular complexity index is 1510. The topological polar surface area (TPSA) is 142 Å². The van der Waals surface area contributed by atoms with E-state index < -0.39 is 11.6 Å². The number of guanidine groups is 1. The fraction of sp³-hybridized carbons (Fsp3) is 0.811. The van der Waals surface area contributed by atoms with Crippen molar-refractivity contribution < 1.29 is 24.1 Å². The van der Waals surface area contributed by atoms with Crippen LogP contribution in [0, 0.1) is 56.7 Å². The molecule has 5 N–H and O–H groups in total. The molecule has 5 aliphatic carbocycles. The molecule has 10 heteroatoms. The summed E-state index contributed by atoms with van der Waals surface area (Å²) in [5.41, 5.74) is 12.1. The SMILES string of the molecule is CO[C@H]1[C@H](OCc2csc(CN=C(N)N)n2)[C@@]2(C)COC13C[C@]31C3=CC[C@@]4(C)[C@H](C(=O)O)[C@@](C)([C@H](C)C(C)C)CC[C@]4(C)[C@H]3CCC21. The summed E-state index contributed by atoms with van der Waals surface area (Å²) in [6.07, 6.45) is 8.17. The summed E-state index contributed by atoms with van der Waals surface area (Å²) in [6, 6.07) is 0. The fourth-order valence-electron chi connectivity index (χ4n) is 12.6. The van der Waals surface area contributed by atoms with Gasteiger partial charge < -0.3 is 30.8 Å². The van der Waals surface area contributed by atoms with Gasteiger partial charge in [0.1, 0.15) is 16.7 Å². The lowest BCUT2D eigenvalue weighted by Gasteiger charge is -2.69. The molecule has 6 fully saturated rings. The summed E-state index contributed by atoms with van der Waals surface area (Å²) in [5.74, 6) is 0.587. The monoisotopic (exact) mass is 668 g/mol. The van der Waals surface area contributed by atoms with E-state index >= 15 is 0 Å². The van der Waals surface area contributed by atoms with Crippen molar-refractivity contribution in [2.75, 3.05) is 13.7 Å². The Labute approximate surface area is 284 Å². The first kappa shape index (κ1) is 33.5. The van der Waals surface area contributed by atoms with E-state index in [1.807, 2.05) is 12.5 Å². The van der Waals surface area contributed by atoms with Gasteiger partial charge in [0.15, 0.2) is 5.96 Å². The van der Waals surface area contributed by atoms with Crippen LogP contribution in [0.3, 0.4) is 0 Å². The molecule has 2 aliphatic heterocycles. The van der Waals surface area contributed by atoms with Gasteiger partial charge in [0, 0.05) is 23.3 Å². The molecule has 4 saturated carbocycles. The van der Waals surface area contributed by atoms with Crippen LogP contribution >= 0.6 is 11.3 Å². The molecule has 0 amide bonds. The maximum Gasteiger partial charge on any atom is 0.307 e. The number of nitrogens with zero attached hydrogens (tertiary/aromatic N) is 2. The number of aliphatic imine (C=N–C) groups is 1. The number of aromatic nitrogens is 1. The van der Waals surface area contributed by atoms with Crippen molar-refractivity contribution >= 4 is 23.3 Å². The number of carboxylic acids is 1. The molecule has 2 spiro atoms. The van der Waals surface area contributed by atoms with Crippen LogP contribution in [0.25, 0.3) is 0 Å². The standard InChI is InChI=1S/C37H56N4O5S/c1-20(2)21(3)32(4)13-14-34(6)23-9-10-25-33(5)19-46-37(18-36(25,37)24(23)11-12-35(34,7)27(32)30(42)43)29(44-8)28(33)45-16-22-17-47-26(41-22)15-40-31(38)39/h11,17,20-21,23,25,27-29H,9-10,12-16,18-19H2,1-8H3,(H,42,43)(H4,38,39,40)/t21-,23+,25?,27-,28+,29+,32-,33+,34-,35+,36-,37?/m1/s1. The minimum atomic E-state index is -0.615. The Kier molecular flexibility index (Phi) is 7.65. The van der Waals surface area contributed by atoms with Gasteiger partial charge in [-0.3, -0.25) is 4.79 Å². The predicted molar refractivity (Wildman–Crippen MR) is 182 cm³/mol. The smallest absolute Gasteiger partial charge is 0.307 e.